The average Bonchev–Trinajstić information content (AvgIpc) is 3.14. The molecule has 0 rings (SSSR count). The summed E-state index contributed by atoms with van der Waals surface area (Å²) in [6.07, 6.45) is 19.1. The highest BCUT2D eigenvalue weighted by Crippen LogP contribution is 2.40. The summed E-state index contributed by atoms with van der Waals surface area (Å²) < 4.78 is 0. The first-order valence-corrected chi connectivity index (χ1v) is 62.3. The minimum absolute atomic E-state index is 0.317. The van der Waals surface area contributed by atoms with Gasteiger partial charge in [-0.1, -0.05) is 174 Å². The van der Waals surface area contributed by atoms with Crippen molar-refractivity contribution in [1.82, 2.24) is 0 Å². The zero-order valence-corrected chi connectivity index (χ0v) is 61.0. The van der Waals surface area contributed by atoms with Gasteiger partial charge in [-0.15, -0.1) is 115 Å². The topological polar surface area (TPSA) is 0 Å². The van der Waals surface area contributed by atoms with Crippen molar-refractivity contribution in [2.75, 3.05) is 0 Å². The van der Waals surface area contributed by atoms with Crippen LogP contribution < -0.4 is 0 Å². The molecule has 0 unspecified atom stereocenters. The van der Waals surface area contributed by atoms with E-state index in [1.54, 1.807) is 74.0 Å². The van der Waals surface area contributed by atoms with E-state index in [0.717, 1.165) is 74.0 Å². The Morgan fingerprint density at radius 2 is 0.476 bits per heavy atom. The molecular formula is C44H100Cl8Si11. The fourth-order valence-corrected chi connectivity index (χ4v) is 36.3. The predicted molar refractivity (Wildman–Crippen MR) is 342 cm³/mol. The standard InChI is InChI=1S/C16H36Cl8Si5.C16H44Si5.C12H20Si/c1-25(17,18)9-5-13-29(14-6-10-26(2,19)20,15-7-11-27(3,21)22)16-8-12-28(4,23)24;1-17-9-5-13-21(14-6-10-18-2,15-7-11-19-3)16-8-12-20-4;1-5-9-13(10-6-2,11-7-3)12-8-4/h5-16H2,1-4H3;5-20H2,1-4H3;5-8H,1-4,9-12H2. The largest absolute Gasteiger partial charge is 0.248 e. The van der Waals surface area contributed by atoms with Gasteiger partial charge in [-0.3, -0.25) is 0 Å². The summed E-state index contributed by atoms with van der Waals surface area (Å²) in [6, 6.07) is 26.8. The van der Waals surface area contributed by atoms with Gasteiger partial charge in [-0.25, -0.2) is 0 Å². The van der Waals surface area contributed by atoms with Crippen LogP contribution in [0.3, 0.4) is 0 Å². The molecule has 0 aromatic rings. The zero-order chi connectivity index (χ0) is 49.0. The maximum absolute atomic E-state index is 6.39. The third-order valence-corrected chi connectivity index (χ3v) is 43.1. The van der Waals surface area contributed by atoms with Crippen LogP contribution in [0.15, 0.2) is 50.6 Å². The molecule has 0 fully saturated rings. The van der Waals surface area contributed by atoms with Gasteiger partial charge in [0, 0.05) is 38.1 Å². The first-order chi connectivity index (χ1) is 29.3. The van der Waals surface area contributed by atoms with Crippen LogP contribution in [-0.2, 0) is 0 Å². The lowest BCUT2D eigenvalue weighted by molar-refractivity contribution is 0.871. The molecule has 0 aliphatic carbocycles. The quantitative estimate of drug-likeness (QED) is 0.0248. The molecule has 0 nitrogen and oxygen atoms in total. The molecule has 0 atom stereocenters. The maximum atomic E-state index is 6.39. The molecule has 0 N–H and O–H groups in total. The van der Waals surface area contributed by atoms with Crippen LogP contribution in [0.4, 0.5) is 0 Å². The fourth-order valence-electron chi connectivity index (χ4n) is 9.32. The number of allylic oxidation sites excluding steroid dienone is 4. The van der Waals surface area contributed by atoms with Crippen molar-refractivity contribution in [2.45, 2.75) is 225 Å². The third-order valence-electron chi connectivity index (χ3n) is 12.8. The zero-order valence-electron chi connectivity index (χ0n) is 42.3. The molecule has 0 aliphatic heterocycles. The highest BCUT2D eigenvalue weighted by molar-refractivity contribution is 7.46. The molecule has 0 radical (unpaired) electrons. The molecule has 0 aliphatic rings. The summed E-state index contributed by atoms with van der Waals surface area (Å²) in [7, 11) is -2.43. The van der Waals surface area contributed by atoms with Gasteiger partial charge >= 0.3 is 0 Å². The predicted octanol–water partition coefficient (Wildman–Crippen LogP) is 18.9. The first kappa shape index (κ1) is 70.9. The molecular weight excluding hydrogens is 1120 g/mol. The van der Waals surface area contributed by atoms with Crippen LogP contribution in [0.5, 0.6) is 0 Å². The number of rotatable bonds is 40. The van der Waals surface area contributed by atoms with E-state index in [4.69, 9.17) is 88.6 Å². The number of hydrogen-bond acceptors (Lipinski definition) is 0. The van der Waals surface area contributed by atoms with Crippen molar-refractivity contribution < 1.29 is 0 Å². The Hall–Kier alpha value is 3.67. The second-order valence-electron chi connectivity index (χ2n) is 20.0. The molecule has 63 heavy (non-hydrogen) atoms. The Morgan fingerprint density at radius 1 is 0.302 bits per heavy atom. The van der Waals surface area contributed by atoms with E-state index in [0.29, 0.717) is 38.1 Å². The van der Waals surface area contributed by atoms with E-state index in [9.17, 15) is 0 Å². The third kappa shape index (κ3) is 46.5. The molecule has 0 saturated heterocycles. The lowest BCUT2D eigenvalue weighted by Crippen LogP contribution is -2.35. The van der Waals surface area contributed by atoms with Crippen LogP contribution in [-0.4, -0.2) is 89.1 Å². The van der Waals surface area contributed by atoms with E-state index >= 15 is 0 Å². The van der Waals surface area contributed by atoms with Gasteiger partial charge in [0.15, 0.2) is 0 Å². The van der Waals surface area contributed by atoms with Crippen molar-refractivity contribution in [2.24, 2.45) is 0 Å². The van der Waals surface area contributed by atoms with Gasteiger partial charge in [0.25, 0.3) is 0 Å². The van der Waals surface area contributed by atoms with Gasteiger partial charge in [0.2, 0.25) is 26.8 Å². The number of halogens is 8. The molecule has 0 amide bonds. The Kier molecular flexibility index (Phi) is 46.3. The van der Waals surface area contributed by atoms with E-state index < -0.39 is 51.0 Å². The second-order valence-corrected chi connectivity index (χ2v) is 74.4. The van der Waals surface area contributed by atoms with Crippen LogP contribution in [0.25, 0.3) is 0 Å². The van der Waals surface area contributed by atoms with Gasteiger partial charge < -0.3 is 0 Å². The summed E-state index contributed by atoms with van der Waals surface area (Å²) in [5, 5.41) is 0. The van der Waals surface area contributed by atoms with Crippen LogP contribution in [0.2, 0.25) is 173 Å². The highest BCUT2D eigenvalue weighted by Gasteiger charge is 2.36. The minimum Gasteiger partial charge on any atom is -0.146 e. The molecule has 376 valence electrons. The van der Waals surface area contributed by atoms with E-state index in [1.807, 2.05) is 50.5 Å². The van der Waals surface area contributed by atoms with Gasteiger partial charge in [-0.2, -0.15) is 0 Å². The van der Waals surface area contributed by atoms with E-state index in [2.05, 4.69) is 52.5 Å². The Bertz CT molecular complexity index is 951. The minimum atomic E-state index is -2.08. The summed E-state index contributed by atoms with van der Waals surface area (Å²) in [5.41, 5.74) is 0. The summed E-state index contributed by atoms with van der Waals surface area (Å²) >= 11 is 51.1. The molecule has 0 bridgehead atoms. The SMILES string of the molecule is C=CC[Si](CC=C)(CC=C)CC=C.C[SiH2]CCC[Si](CCC[SiH2]C)(CCC[SiH2]C)CCC[SiH2]C.C[Si](Cl)(Cl)CCC[Si](CCC[Si](C)(Cl)Cl)(CCC[Si](C)(Cl)Cl)CCC[Si](C)(Cl)Cl. The molecule has 0 aromatic heterocycles. The summed E-state index contributed by atoms with van der Waals surface area (Å²) in [6.45, 7) is 25.1. The van der Waals surface area contributed by atoms with Gasteiger partial charge in [0.05, 0.1) is 24.2 Å². The van der Waals surface area contributed by atoms with Crippen LogP contribution in [0, 0.1) is 0 Å². The average molecular weight is 1220 g/mol. The maximum Gasteiger partial charge on any atom is 0.248 e. The summed E-state index contributed by atoms with van der Waals surface area (Å²) in [5.74, 6) is 0. The summed E-state index contributed by atoms with van der Waals surface area (Å²) in [4.78, 5) is 0. The van der Waals surface area contributed by atoms with E-state index in [1.165, 1.54) is 24.2 Å². The smallest absolute Gasteiger partial charge is 0.146 e. The lowest BCUT2D eigenvalue weighted by Gasteiger charge is -2.34. The Labute approximate surface area is 448 Å². The van der Waals surface area contributed by atoms with E-state index in [-0.39, 0.29) is 0 Å². The van der Waals surface area contributed by atoms with Crippen LogP contribution in [0.1, 0.15) is 51.4 Å². The normalized spacial score (nSPS) is 14.3. The van der Waals surface area contributed by atoms with Crippen LogP contribution >= 0.6 is 88.6 Å². The molecule has 0 heterocycles. The van der Waals surface area contributed by atoms with Crippen molar-refractivity contribution in [3.8, 4) is 0 Å². The Balaban J connectivity index is -0.000000924. The van der Waals surface area contributed by atoms with Crippen molar-refractivity contribution in [3.05, 3.63) is 50.6 Å². The van der Waals surface area contributed by atoms with Crippen molar-refractivity contribution in [1.29, 1.82) is 0 Å². The molecule has 0 aromatic carbocycles. The highest BCUT2D eigenvalue weighted by atomic mass is 35.7. The fraction of sp³-hybridized carbons (Fsp3) is 0.818. The molecule has 0 spiro atoms. The molecule has 19 heteroatoms. The van der Waals surface area contributed by atoms with Gasteiger partial charge in [-0.05, 0) is 74.5 Å². The molecule has 0 saturated carbocycles. The first-order valence-electron chi connectivity index (χ1n) is 25.3. The number of hydrogen-bond donors (Lipinski definition) is 0. The van der Waals surface area contributed by atoms with Crippen molar-refractivity contribution >= 4 is 178 Å². The second kappa shape index (κ2) is 41.2. The Morgan fingerprint density at radius 3 is 0.619 bits per heavy atom. The van der Waals surface area contributed by atoms with Crippen molar-refractivity contribution in [3.63, 3.8) is 0 Å². The van der Waals surface area contributed by atoms with Gasteiger partial charge in [0.1, 0.15) is 0 Å². The lowest BCUT2D eigenvalue weighted by atomic mass is 10.5. The monoisotopic (exact) mass is 1220 g/mol.